The highest BCUT2D eigenvalue weighted by molar-refractivity contribution is 5.96. The van der Waals surface area contributed by atoms with Gasteiger partial charge in [0.1, 0.15) is 11.8 Å². The molecule has 3 rings (SSSR count). The minimum atomic E-state index is -0.823. The van der Waals surface area contributed by atoms with E-state index in [4.69, 9.17) is 13.9 Å². The Morgan fingerprint density at radius 3 is 2.37 bits per heavy atom. The van der Waals surface area contributed by atoms with E-state index >= 15 is 0 Å². The first kappa shape index (κ1) is 21.0. The minimum Gasteiger partial charge on any atom is -0.497 e. The molecule has 0 radical (unpaired) electrons. The smallest absolute Gasteiger partial charge is 0.329 e. The van der Waals surface area contributed by atoms with E-state index in [1.54, 1.807) is 31.4 Å². The summed E-state index contributed by atoms with van der Waals surface area (Å²) in [5.74, 6) is 0.0212. The quantitative estimate of drug-likeness (QED) is 0.570. The Bertz CT molecular complexity index is 984. The lowest BCUT2D eigenvalue weighted by molar-refractivity contribution is -0.149. The molecule has 1 aromatic heterocycles. The van der Waals surface area contributed by atoms with Crippen molar-refractivity contribution < 1.29 is 23.5 Å². The predicted molar refractivity (Wildman–Crippen MR) is 109 cm³/mol. The molecule has 8 heteroatoms. The Hall–Kier alpha value is -3.68. The van der Waals surface area contributed by atoms with Gasteiger partial charge in [-0.3, -0.25) is 4.79 Å². The van der Waals surface area contributed by atoms with Crippen LogP contribution in [0, 0.1) is 5.92 Å². The summed E-state index contributed by atoms with van der Waals surface area (Å²) in [7, 11) is 1.55. The molecule has 30 heavy (non-hydrogen) atoms. The molecule has 0 aliphatic rings. The summed E-state index contributed by atoms with van der Waals surface area (Å²) >= 11 is 0. The molecule has 0 fully saturated rings. The molecule has 1 N–H and O–H groups in total. The van der Waals surface area contributed by atoms with Gasteiger partial charge in [0.05, 0.1) is 7.11 Å². The second-order valence-corrected chi connectivity index (χ2v) is 6.90. The summed E-state index contributed by atoms with van der Waals surface area (Å²) in [6.45, 7) is 3.46. The number of carbonyl (C=O) groups is 2. The van der Waals surface area contributed by atoms with Gasteiger partial charge in [-0.05, 0) is 42.3 Å². The summed E-state index contributed by atoms with van der Waals surface area (Å²) < 4.78 is 15.9. The van der Waals surface area contributed by atoms with Gasteiger partial charge in [0, 0.05) is 11.1 Å². The highest BCUT2D eigenvalue weighted by Crippen LogP contribution is 2.18. The van der Waals surface area contributed by atoms with Gasteiger partial charge in [-0.2, -0.15) is 0 Å². The fourth-order valence-electron chi connectivity index (χ4n) is 2.70. The summed E-state index contributed by atoms with van der Waals surface area (Å²) in [5.41, 5.74) is 1.19. The van der Waals surface area contributed by atoms with Crippen LogP contribution >= 0.6 is 0 Å². The van der Waals surface area contributed by atoms with Crippen LogP contribution in [0.25, 0.3) is 11.5 Å². The lowest BCUT2D eigenvalue weighted by atomic mass is 10.0. The van der Waals surface area contributed by atoms with Crippen molar-refractivity contribution in [3.8, 4) is 17.2 Å². The van der Waals surface area contributed by atoms with Crippen molar-refractivity contribution >= 4 is 11.9 Å². The first-order valence-electron chi connectivity index (χ1n) is 9.47. The van der Waals surface area contributed by atoms with Gasteiger partial charge in [0.25, 0.3) is 11.8 Å². The van der Waals surface area contributed by atoms with Gasteiger partial charge in [0.2, 0.25) is 5.89 Å². The van der Waals surface area contributed by atoms with Crippen LogP contribution in [0.15, 0.2) is 59.0 Å². The molecule has 0 saturated carbocycles. The maximum absolute atomic E-state index is 12.6. The van der Waals surface area contributed by atoms with Crippen LogP contribution in [-0.2, 0) is 16.1 Å². The van der Waals surface area contributed by atoms with Crippen molar-refractivity contribution in [2.75, 3.05) is 7.11 Å². The fourth-order valence-corrected chi connectivity index (χ4v) is 2.70. The average molecular weight is 409 g/mol. The van der Waals surface area contributed by atoms with Crippen molar-refractivity contribution in [2.45, 2.75) is 26.5 Å². The van der Waals surface area contributed by atoms with Gasteiger partial charge in [-0.15, -0.1) is 10.2 Å². The van der Waals surface area contributed by atoms with Crippen LogP contribution < -0.4 is 10.1 Å². The highest BCUT2D eigenvalue weighted by Gasteiger charge is 2.27. The normalized spacial score (nSPS) is 11.7. The number of nitrogens with zero attached hydrogens (tertiary/aromatic N) is 2. The maximum atomic E-state index is 12.6. The van der Waals surface area contributed by atoms with Gasteiger partial charge in [-0.25, -0.2) is 4.79 Å². The molecule has 1 atom stereocenters. The fraction of sp³-hybridized carbons (Fsp3) is 0.273. The van der Waals surface area contributed by atoms with E-state index in [0.717, 1.165) is 5.56 Å². The number of ether oxygens (including phenoxy) is 2. The number of esters is 1. The van der Waals surface area contributed by atoms with E-state index in [1.165, 1.54) is 0 Å². The summed E-state index contributed by atoms with van der Waals surface area (Å²) in [6, 6.07) is 15.1. The number of methoxy groups -OCH3 is 1. The summed E-state index contributed by atoms with van der Waals surface area (Å²) in [6.07, 6.45) is 0. The SMILES string of the molecule is COc1ccc(C(=O)N[C@H](C(=O)OCc2nnc(-c3ccccc3)o2)C(C)C)cc1. The number of aromatic nitrogens is 2. The molecule has 0 spiro atoms. The monoisotopic (exact) mass is 409 g/mol. The van der Waals surface area contributed by atoms with E-state index < -0.39 is 12.0 Å². The van der Waals surface area contributed by atoms with Gasteiger partial charge >= 0.3 is 5.97 Å². The highest BCUT2D eigenvalue weighted by atomic mass is 16.5. The van der Waals surface area contributed by atoms with Crippen LogP contribution in [0.1, 0.15) is 30.1 Å². The largest absolute Gasteiger partial charge is 0.497 e. The van der Waals surface area contributed by atoms with E-state index in [9.17, 15) is 9.59 Å². The molecular weight excluding hydrogens is 386 g/mol. The second-order valence-electron chi connectivity index (χ2n) is 6.90. The molecule has 1 amide bonds. The first-order chi connectivity index (χ1) is 14.5. The van der Waals surface area contributed by atoms with Gasteiger partial charge in [-0.1, -0.05) is 32.0 Å². The Kier molecular flexibility index (Phi) is 6.79. The molecular formula is C22H23N3O5. The molecule has 0 aliphatic heterocycles. The zero-order valence-electron chi connectivity index (χ0n) is 17.0. The van der Waals surface area contributed by atoms with Crippen LogP contribution in [-0.4, -0.2) is 35.2 Å². The maximum Gasteiger partial charge on any atom is 0.329 e. The molecule has 0 aliphatic carbocycles. The number of benzene rings is 2. The third-order valence-electron chi connectivity index (χ3n) is 4.38. The Morgan fingerprint density at radius 1 is 1.03 bits per heavy atom. The second kappa shape index (κ2) is 9.69. The number of hydrogen-bond acceptors (Lipinski definition) is 7. The van der Waals surface area contributed by atoms with Crippen LogP contribution in [0.4, 0.5) is 0 Å². The van der Waals surface area contributed by atoms with Gasteiger partial charge < -0.3 is 19.2 Å². The topological polar surface area (TPSA) is 104 Å². The number of amides is 1. The number of hydrogen-bond donors (Lipinski definition) is 1. The molecule has 156 valence electrons. The number of rotatable bonds is 8. The van der Waals surface area contributed by atoms with E-state index in [0.29, 0.717) is 17.2 Å². The predicted octanol–water partition coefficient (Wildman–Crippen LogP) is 3.24. The molecule has 1 heterocycles. The van der Waals surface area contributed by atoms with Crippen molar-refractivity contribution in [3.05, 3.63) is 66.1 Å². The van der Waals surface area contributed by atoms with Crippen LogP contribution in [0.5, 0.6) is 5.75 Å². The molecule has 2 aromatic carbocycles. The van der Waals surface area contributed by atoms with E-state index in [2.05, 4.69) is 15.5 Å². The van der Waals surface area contributed by atoms with Crippen LogP contribution in [0.2, 0.25) is 0 Å². The molecule has 0 unspecified atom stereocenters. The third-order valence-corrected chi connectivity index (χ3v) is 4.38. The van der Waals surface area contributed by atoms with Gasteiger partial charge in [0.15, 0.2) is 6.61 Å². The molecule has 0 saturated heterocycles. The number of nitrogens with one attached hydrogen (secondary N) is 1. The Morgan fingerprint density at radius 2 is 1.73 bits per heavy atom. The molecule has 0 bridgehead atoms. The summed E-state index contributed by atoms with van der Waals surface area (Å²) in [5, 5.41) is 10.6. The van der Waals surface area contributed by atoms with Crippen molar-refractivity contribution in [2.24, 2.45) is 5.92 Å². The standard InChI is InChI=1S/C22H23N3O5/c1-14(2)19(23-20(26)15-9-11-17(28-3)12-10-15)22(27)29-13-18-24-25-21(30-18)16-7-5-4-6-8-16/h4-12,14,19H,13H2,1-3H3,(H,23,26)/t19-/m0/s1. The van der Waals surface area contributed by atoms with E-state index in [1.807, 2.05) is 44.2 Å². The van der Waals surface area contributed by atoms with Crippen molar-refractivity contribution in [1.82, 2.24) is 15.5 Å². The first-order valence-corrected chi connectivity index (χ1v) is 9.47. The minimum absolute atomic E-state index is 0.172. The Balaban J connectivity index is 1.60. The summed E-state index contributed by atoms with van der Waals surface area (Å²) in [4.78, 5) is 25.1. The zero-order valence-corrected chi connectivity index (χ0v) is 17.0. The van der Waals surface area contributed by atoms with Crippen molar-refractivity contribution in [3.63, 3.8) is 0 Å². The third kappa shape index (κ3) is 5.22. The lowest BCUT2D eigenvalue weighted by Gasteiger charge is -2.20. The zero-order chi connectivity index (χ0) is 21.5. The van der Waals surface area contributed by atoms with Crippen LogP contribution in [0.3, 0.4) is 0 Å². The molecule has 8 nitrogen and oxygen atoms in total. The Labute approximate surface area is 174 Å². The van der Waals surface area contributed by atoms with E-state index in [-0.39, 0.29) is 24.3 Å². The lowest BCUT2D eigenvalue weighted by Crippen LogP contribution is -2.45. The average Bonchev–Trinajstić information content (AvgIpc) is 3.25. The number of carbonyl (C=O) groups excluding carboxylic acids is 2. The van der Waals surface area contributed by atoms with Crippen molar-refractivity contribution in [1.29, 1.82) is 0 Å². The molecule has 3 aromatic rings.